The number of nitrogens with zero attached hydrogens (tertiary/aromatic N) is 2. The molecule has 0 aliphatic heterocycles. The van der Waals surface area contributed by atoms with Gasteiger partial charge in [0, 0.05) is 24.0 Å². The number of carbonyl (C=O) groups excluding carboxylic acids is 1. The van der Waals surface area contributed by atoms with Crippen LogP contribution in [0.25, 0.3) is 0 Å². The summed E-state index contributed by atoms with van der Waals surface area (Å²) in [5.74, 6) is 0.0503. The van der Waals surface area contributed by atoms with Crippen LogP contribution in [0.15, 0.2) is 30.3 Å². The zero-order chi connectivity index (χ0) is 20.0. The van der Waals surface area contributed by atoms with E-state index in [2.05, 4.69) is 30.7 Å². The molecule has 0 aliphatic rings. The summed E-state index contributed by atoms with van der Waals surface area (Å²) in [7, 11) is 0. The first kappa shape index (κ1) is 20.2. The Hall–Kier alpha value is -3.08. The van der Waals surface area contributed by atoms with E-state index in [1.807, 2.05) is 0 Å². The molecule has 0 saturated carbocycles. The second-order valence-corrected chi connectivity index (χ2v) is 5.60. The number of benzene rings is 1. The molecule has 0 bridgehead atoms. The Morgan fingerprint density at radius 2 is 1.89 bits per heavy atom. The second-order valence-electron chi connectivity index (χ2n) is 5.60. The molecule has 1 aromatic carbocycles. The Bertz CT molecular complexity index is 782. The molecule has 27 heavy (non-hydrogen) atoms. The number of amides is 2. The van der Waals surface area contributed by atoms with Crippen molar-refractivity contribution < 1.29 is 27.8 Å². The molecule has 0 saturated heterocycles. The van der Waals surface area contributed by atoms with Crippen molar-refractivity contribution in [3.63, 3.8) is 0 Å². The summed E-state index contributed by atoms with van der Waals surface area (Å²) >= 11 is 0. The average Bonchev–Trinajstić information content (AvgIpc) is 2.53. The molecule has 1 aromatic heterocycles. The third kappa shape index (κ3) is 7.36. The first-order valence-corrected chi connectivity index (χ1v) is 7.82. The van der Waals surface area contributed by atoms with E-state index in [0.29, 0.717) is 11.5 Å². The van der Waals surface area contributed by atoms with Crippen LogP contribution in [0.5, 0.6) is 5.75 Å². The molecule has 2 aromatic rings. The fraction of sp³-hybridized carbons (Fsp3) is 0.312. The lowest BCUT2D eigenvalue weighted by atomic mass is 10.3. The molecule has 4 N–H and O–H groups in total. The molecule has 2 rings (SSSR count). The highest BCUT2D eigenvalue weighted by atomic mass is 19.4. The van der Waals surface area contributed by atoms with Gasteiger partial charge in [-0.25, -0.2) is 9.78 Å². The number of aliphatic hydroxyl groups is 1. The Balaban J connectivity index is 1.97. The Morgan fingerprint density at radius 3 is 2.48 bits per heavy atom. The summed E-state index contributed by atoms with van der Waals surface area (Å²) in [4.78, 5) is 20.2. The maximum atomic E-state index is 12.1. The molecular weight excluding hydrogens is 367 g/mol. The number of aryl methyl sites for hydroxylation is 1. The van der Waals surface area contributed by atoms with Gasteiger partial charge in [-0.2, -0.15) is 4.98 Å². The Morgan fingerprint density at radius 1 is 1.22 bits per heavy atom. The lowest BCUT2D eigenvalue weighted by molar-refractivity contribution is -0.274. The van der Waals surface area contributed by atoms with Crippen LogP contribution in [-0.2, 0) is 0 Å². The van der Waals surface area contributed by atoms with Crippen molar-refractivity contribution in [3.05, 3.63) is 36.0 Å². The van der Waals surface area contributed by atoms with Gasteiger partial charge in [0.1, 0.15) is 11.6 Å². The molecule has 1 unspecified atom stereocenters. The maximum Gasteiger partial charge on any atom is 0.573 e. The number of aliphatic hydroxyl groups excluding tert-OH is 1. The van der Waals surface area contributed by atoms with Crippen LogP contribution in [0.4, 0.5) is 35.4 Å². The van der Waals surface area contributed by atoms with Crippen LogP contribution in [0, 0.1) is 6.92 Å². The number of urea groups is 1. The molecule has 0 spiro atoms. The lowest BCUT2D eigenvalue weighted by Crippen LogP contribution is -2.22. The van der Waals surface area contributed by atoms with Gasteiger partial charge >= 0.3 is 12.4 Å². The number of hydrogen-bond donors (Lipinski definition) is 4. The average molecular weight is 385 g/mol. The third-order valence-electron chi connectivity index (χ3n) is 3.00. The summed E-state index contributed by atoms with van der Waals surface area (Å²) in [6.07, 6.45) is -5.36. The number of nitrogens with one attached hydrogen (secondary N) is 3. The molecule has 0 aliphatic carbocycles. The molecule has 146 valence electrons. The number of halogens is 3. The molecule has 11 heteroatoms. The van der Waals surface area contributed by atoms with Crippen LogP contribution < -0.4 is 20.7 Å². The molecule has 1 heterocycles. The van der Waals surface area contributed by atoms with E-state index in [1.165, 1.54) is 12.1 Å². The van der Waals surface area contributed by atoms with Crippen molar-refractivity contribution in [3.8, 4) is 5.75 Å². The van der Waals surface area contributed by atoms with E-state index in [0.717, 1.165) is 12.1 Å². The Labute approximate surface area is 152 Å². The van der Waals surface area contributed by atoms with Crippen molar-refractivity contribution in [1.82, 2.24) is 9.97 Å². The first-order chi connectivity index (χ1) is 12.6. The van der Waals surface area contributed by atoms with Gasteiger partial charge in [0.25, 0.3) is 0 Å². The van der Waals surface area contributed by atoms with E-state index in [4.69, 9.17) is 0 Å². The van der Waals surface area contributed by atoms with Gasteiger partial charge in [-0.1, -0.05) is 0 Å². The van der Waals surface area contributed by atoms with Crippen molar-refractivity contribution in [2.75, 3.05) is 22.5 Å². The lowest BCUT2D eigenvalue weighted by Gasteiger charge is -2.12. The van der Waals surface area contributed by atoms with Crippen LogP contribution in [0.1, 0.15) is 12.6 Å². The van der Waals surface area contributed by atoms with Crippen LogP contribution in [0.2, 0.25) is 0 Å². The summed E-state index contributed by atoms with van der Waals surface area (Å²) in [5, 5.41) is 17.0. The van der Waals surface area contributed by atoms with E-state index in [1.54, 1.807) is 19.9 Å². The number of rotatable bonds is 6. The zero-order valence-electron chi connectivity index (χ0n) is 14.5. The number of alkyl halides is 3. The van der Waals surface area contributed by atoms with Crippen LogP contribution in [-0.4, -0.2) is 40.1 Å². The highest BCUT2D eigenvalue weighted by Gasteiger charge is 2.30. The second kappa shape index (κ2) is 8.54. The number of carbonyl (C=O) groups is 1. The van der Waals surface area contributed by atoms with E-state index < -0.39 is 24.2 Å². The van der Waals surface area contributed by atoms with E-state index in [-0.39, 0.29) is 18.2 Å². The molecular formula is C16H18F3N5O3. The van der Waals surface area contributed by atoms with E-state index in [9.17, 15) is 23.1 Å². The van der Waals surface area contributed by atoms with Gasteiger partial charge < -0.3 is 20.5 Å². The van der Waals surface area contributed by atoms with Gasteiger partial charge in [-0.05, 0) is 38.1 Å². The topological polar surface area (TPSA) is 108 Å². The Kier molecular flexibility index (Phi) is 6.40. The SMILES string of the molecule is Cc1cc(NCC(C)O)nc(NC(=O)Nc2ccc(OC(F)(F)F)cc2)n1. The normalized spacial score (nSPS) is 12.2. The fourth-order valence-electron chi connectivity index (χ4n) is 1.97. The number of hydrogen-bond acceptors (Lipinski definition) is 6. The van der Waals surface area contributed by atoms with Crippen molar-refractivity contribution in [2.45, 2.75) is 26.3 Å². The molecule has 8 nitrogen and oxygen atoms in total. The highest BCUT2D eigenvalue weighted by molar-refractivity contribution is 5.98. The standard InChI is InChI=1S/C16H18F3N5O3/c1-9-7-13(20-8-10(2)25)23-14(21-9)24-15(26)22-11-3-5-12(6-4-11)27-16(17,18)19/h3-7,10,25H,8H2,1-2H3,(H3,20,21,22,23,24,26). The predicted molar refractivity (Wildman–Crippen MR) is 92.7 cm³/mol. The van der Waals surface area contributed by atoms with Gasteiger partial charge in [-0.15, -0.1) is 13.2 Å². The smallest absolute Gasteiger partial charge is 0.406 e. The number of ether oxygens (including phenoxy) is 1. The minimum Gasteiger partial charge on any atom is -0.406 e. The molecule has 1 atom stereocenters. The summed E-state index contributed by atoms with van der Waals surface area (Å²) in [6.45, 7) is 3.59. The monoisotopic (exact) mass is 385 g/mol. The fourth-order valence-corrected chi connectivity index (χ4v) is 1.97. The first-order valence-electron chi connectivity index (χ1n) is 7.82. The van der Waals surface area contributed by atoms with Gasteiger partial charge in [0.15, 0.2) is 0 Å². The summed E-state index contributed by atoms with van der Waals surface area (Å²) in [6, 6.07) is 5.63. The van der Waals surface area contributed by atoms with Crippen molar-refractivity contribution in [2.24, 2.45) is 0 Å². The molecule has 0 fully saturated rings. The van der Waals surface area contributed by atoms with E-state index >= 15 is 0 Å². The maximum absolute atomic E-state index is 12.1. The minimum atomic E-state index is -4.78. The van der Waals surface area contributed by atoms with Crippen LogP contribution >= 0.6 is 0 Å². The summed E-state index contributed by atoms with van der Waals surface area (Å²) in [5.41, 5.74) is 0.837. The molecule has 0 radical (unpaired) electrons. The molecule has 2 amide bonds. The minimum absolute atomic E-state index is 0.0256. The largest absolute Gasteiger partial charge is 0.573 e. The number of aromatic nitrogens is 2. The van der Waals surface area contributed by atoms with Crippen molar-refractivity contribution >= 4 is 23.5 Å². The third-order valence-corrected chi connectivity index (χ3v) is 3.00. The van der Waals surface area contributed by atoms with Gasteiger partial charge in [0.2, 0.25) is 5.95 Å². The predicted octanol–water partition coefficient (Wildman–Crippen LogP) is 3.12. The quantitative estimate of drug-likeness (QED) is 0.609. The van der Waals surface area contributed by atoms with Gasteiger partial charge in [0.05, 0.1) is 6.10 Å². The number of anilines is 3. The zero-order valence-corrected chi connectivity index (χ0v) is 14.5. The van der Waals surface area contributed by atoms with Crippen molar-refractivity contribution in [1.29, 1.82) is 0 Å². The summed E-state index contributed by atoms with van der Waals surface area (Å²) < 4.78 is 40.1. The highest BCUT2D eigenvalue weighted by Crippen LogP contribution is 2.24. The van der Waals surface area contributed by atoms with Gasteiger partial charge in [-0.3, -0.25) is 5.32 Å². The van der Waals surface area contributed by atoms with Crippen LogP contribution in [0.3, 0.4) is 0 Å².